The number of esters is 1. The quantitative estimate of drug-likeness (QED) is 0.586. The van der Waals surface area contributed by atoms with Gasteiger partial charge in [0.2, 0.25) is 0 Å². The van der Waals surface area contributed by atoms with Crippen molar-refractivity contribution in [3.63, 3.8) is 0 Å². The number of nitrogens with zero attached hydrogens (tertiary/aromatic N) is 1. The summed E-state index contributed by atoms with van der Waals surface area (Å²) < 4.78 is 42.5. The molecule has 0 spiro atoms. The molecule has 0 aliphatic rings. The van der Waals surface area contributed by atoms with Crippen LogP contribution >= 0.6 is 11.3 Å². The van der Waals surface area contributed by atoms with Crippen LogP contribution in [0.25, 0.3) is 11.3 Å². The predicted octanol–water partition coefficient (Wildman–Crippen LogP) is 5.21. The van der Waals surface area contributed by atoms with Gasteiger partial charge in [-0.05, 0) is 29.8 Å². The van der Waals surface area contributed by atoms with E-state index in [9.17, 15) is 18.0 Å². The summed E-state index contributed by atoms with van der Waals surface area (Å²) in [4.78, 5) is 16.0. The van der Waals surface area contributed by atoms with Gasteiger partial charge in [-0.25, -0.2) is 9.78 Å². The zero-order valence-corrected chi connectivity index (χ0v) is 14.5. The molecule has 1 heterocycles. The van der Waals surface area contributed by atoms with Gasteiger partial charge in [-0.2, -0.15) is 13.2 Å². The van der Waals surface area contributed by atoms with Crippen LogP contribution in [0.2, 0.25) is 0 Å². The summed E-state index contributed by atoms with van der Waals surface area (Å²) in [5, 5.41) is 2.68. The van der Waals surface area contributed by atoms with Gasteiger partial charge in [0, 0.05) is 17.4 Å². The zero-order chi connectivity index (χ0) is 18.7. The Morgan fingerprint density at radius 1 is 1.08 bits per heavy atom. The van der Waals surface area contributed by atoms with Crippen LogP contribution in [0, 0.1) is 0 Å². The van der Waals surface area contributed by atoms with Crippen molar-refractivity contribution in [2.45, 2.75) is 12.6 Å². The molecule has 7 heteroatoms. The van der Waals surface area contributed by atoms with Gasteiger partial charge in [0.1, 0.15) is 0 Å². The van der Waals surface area contributed by atoms with Gasteiger partial charge in [0.15, 0.2) is 0 Å². The highest BCUT2D eigenvalue weighted by Crippen LogP contribution is 2.30. The van der Waals surface area contributed by atoms with Crippen LogP contribution in [0.15, 0.2) is 53.9 Å². The number of thiazole rings is 1. The van der Waals surface area contributed by atoms with Crippen LogP contribution in [-0.2, 0) is 17.3 Å². The minimum Gasteiger partial charge on any atom is -0.465 e. The molecule has 0 fully saturated rings. The summed E-state index contributed by atoms with van der Waals surface area (Å²) in [6.45, 7) is 0. The largest absolute Gasteiger partial charge is 0.465 e. The number of carbonyl (C=O) groups is 1. The van der Waals surface area contributed by atoms with Crippen LogP contribution in [0.5, 0.6) is 0 Å². The number of aromatic nitrogens is 1. The van der Waals surface area contributed by atoms with Crippen LogP contribution in [0.1, 0.15) is 26.5 Å². The van der Waals surface area contributed by atoms with Crippen molar-refractivity contribution in [3.05, 3.63) is 75.6 Å². The molecular formula is C19H14F3NO2S. The van der Waals surface area contributed by atoms with Crippen LogP contribution in [0.4, 0.5) is 13.2 Å². The van der Waals surface area contributed by atoms with Crippen molar-refractivity contribution < 1.29 is 22.7 Å². The maximum Gasteiger partial charge on any atom is 0.416 e. The molecule has 3 aromatic rings. The molecule has 0 aliphatic carbocycles. The van der Waals surface area contributed by atoms with E-state index in [4.69, 9.17) is 0 Å². The van der Waals surface area contributed by atoms with Crippen molar-refractivity contribution in [2.75, 3.05) is 7.11 Å². The molecule has 0 amide bonds. The third-order valence-electron chi connectivity index (χ3n) is 3.79. The standard InChI is InChI=1S/C19H14F3NO2S/c1-25-18(24)14-6-4-13(5-7-14)16-11-26-17(23-16)10-12-2-8-15(9-3-12)19(20,21)22/h2-9,11H,10H2,1H3. The number of ether oxygens (including phenoxy) is 1. The van der Waals surface area contributed by atoms with Gasteiger partial charge in [0.05, 0.1) is 28.9 Å². The van der Waals surface area contributed by atoms with E-state index in [1.54, 1.807) is 24.3 Å². The van der Waals surface area contributed by atoms with Gasteiger partial charge in [-0.3, -0.25) is 0 Å². The molecule has 0 saturated carbocycles. The maximum absolute atomic E-state index is 12.6. The summed E-state index contributed by atoms with van der Waals surface area (Å²) in [7, 11) is 1.32. The van der Waals surface area contributed by atoms with Crippen LogP contribution in [-0.4, -0.2) is 18.1 Å². The Morgan fingerprint density at radius 2 is 1.73 bits per heavy atom. The lowest BCUT2D eigenvalue weighted by atomic mass is 10.1. The van der Waals surface area contributed by atoms with Gasteiger partial charge in [-0.1, -0.05) is 24.3 Å². The minimum atomic E-state index is -4.33. The highest BCUT2D eigenvalue weighted by Gasteiger charge is 2.29. The Bertz CT molecular complexity index is 900. The predicted molar refractivity (Wildman–Crippen MR) is 93.1 cm³/mol. The first-order valence-electron chi connectivity index (χ1n) is 7.66. The fourth-order valence-corrected chi connectivity index (χ4v) is 3.24. The highest BCUT2D eigenvalue weighted by atomic mass is 32.1. The summed E-state index contributed by atoms with van der Waals surface area (Å²) >= 11 is 1.44. The van der Waals surface area contributed by atoms with E-state index in [0.717, 1.165) is 34.0 Å². The fourth-order valence-electron chi connectivity index (χ4n) is 2.41. The van der Waals surface area contributed by atoms with Crippen LogP contribution in [0.3, 0.4) is 0 Å². The van der Waals surface area contributed by atoms with Crippen molar-refractivity contribution in [2.24, 2.45) is 0 Å². The average Bonchev–Trinajstić information content (AvgIpc) is 3.09. The van der Waals surface area contributed by atoms with Crippen molar-refractivity contribution in [3.8, 4) is 11.3 Å². The molecule has 0 unspecified atom stereocenters. The first-order chi connectivity index (χ1) is 12.4. The third-order valence-corrected chi connectivity index (χ3v) is 4.64. The molecule has 3 nitrogen and oxygen atoms in total. The Morgan fingerprint density at radius 3 is 2.31 bits per heavy atom. The number of alkyl halides is 3. The number of carbonyl (C=O) groups excluding carboxylic acids is 1. The zero-order valence-electron chi connectivity index (χ0n) is 13.7. The first-order valence-corrected chi connectivity index (χ1v) is 8.54. The lowest BCUT2D eigenvalue weighted by molar-refractivity contribution is -0.137. The highest BCUT2D eigenvalue weighted by molar-refractivity contribution is 7.10. The maximum atomic E-state index is 12.6. The van der Waals surface area contributed by atoms with Gasteiger partial charge in [-0.15, -0.1) is 11.3 Å². The molecule has 2 aromatic carbocycles. The SMILES string of the molecule is COC(=O)c1ccc(-c2csc(Cc3ccc(C(F)(F)F)cc3)n2)cc1. The van der Waals surface area contributed by atoms with E-state index in [2.05, 4.69) is 9.72 Å². The molecule has 0 bridgehead atoms. The number of hydrogen-bond donors (Lipinski definition) is 0. The first kappa shape index (κ1) is 18.1. The van der Waals surface area contributed by atoms with E-state index in [1.807, 2.05) is 5.38 Å². The van der Waals surface area contributed by atoms with Gasteiger partial charge in [0.25, 0.3) is 0 Å². The van der Waals surface area contributed by atoms with E-state index in [-0.39, 0.29) is 0 Å². The molecule has 134 valence electrons. The lowest BCUT2D eigenvalue weighted by Gasteiger charge is -2.06. The Hall–Kier alpha value is -2.67. The average molecular weight is 377 g/mol. The number of halogens is 3. The topological polar surface area (TPSA) is 39.2 Å². The second-order valence-electron chi connectivity index (χ2n) is 5.57. The Balaban J connectivity index is 1.73. The second kappa shape index (κ2) is 7.29. The molecule has 26 heavy (non-hydrogen) atoms. The normalized spacial score (nSPS) is 11.4. The smallest absolute Gasteiger partial charge is 0.416 e. The number of rotatable bonds is 4. The monoisotopic (exact) mass is 377 g/mol. The molecule has 1 aromatic heterocycles. The van der Waals surface area contributed by atoms with E-state index in [0.29, 0.717) is 12.0 Å². The summed E-state index contributed by atoms with van der Waals surface area (Å²) in [6.07, 6.45) is -3.87. The third kappa shape index (κ3) is 4.11. The summed E-state index contributed by atoms with van der Waals surface area (Å²) in [5.41, 5.74) is 2.17. The minimum absolute atomic E-state index is 0.405. The van der Waals surface area contributed by atoms with Gasteiger partial charge >= 0.3 is 12.1 Å². The van der Waals surface area contributed by atoms with Crippen molar-refractivity contribution in [1.29, 1.82) is 0 Å². The van der Waals surface area contributed by atoms with Crippen molar-refractivity contribution >= 4 is 17.3 Å². The fraction of sp³-hybridized carbons (Fsp3) is 0.158. The summed E-state index contributed by atoms with van der Waals surface area (Å²) in [6, 6.07) is 12.0. The molecule has 0 radical (unpaired) electrons. The number of benzene rings is 2. The molecule has 0 saturated heterocycles. The van der Waals surface area contributed by atoms with Gasteiger partial charge < -0.3 is 4.74 Å². The lowest BCUT2D eigenvalue weighted by Crippen LogP contribution is -2.04. The van der Waals surface area contributed by atoms with E-state index >= 15 is 0 Å². The summed E-state index contributed by atoms with van der Waals surface area (Å²) in [5.74, 6) is -0.405. The Labute approximate surface area is 152 Å². The number of methoxy groups -OCH3 is 1. The Kier molecular flexibility index (Phi) is 5.08. The van der Waals surface area contributed by atoms with E-state index < -0.39 is 17.7 Å². The molecule has 0 atom stereocenters. The van der Waals surface area contributed by atoms with Crippen molar-refractivity contribution in [1.82, 2.24) is 4.98 Å². The molecular weight excluding hydrogens is 363 g/mol. The van der Waals surface area contributed by atoms with E-state index in [1.165, 1.54) is 30.6 Å². The number of hydrogen-bond acceptors (Lipinski definition) is 4. The molecule has 3 rings (SSSR count). The molecule has 0 aliphatic heterocycles. The second-order valence-corrected chi connectivity index (χ2v) is 6.51. The molecule has 0 N–H and O–H groups in total. The van der Waals surface area contributed by atoms with Crippen LogP contribution < -0.4 is 0 Å².